The molecular formula is C11H11BrClF2N. The Balaban J connectivity index is 1.86. The van der Waals surface area contributed by atoms with Gasteiger partial charge in [0.25, 0.3) is 0 Å². The van der Waals surface area contributed by atoms with E-state index in [4.69, 9.17) is 11.6 Å². The Bertz CT molecular complexity index is 390. The number of rotatable bonds is 3. The molecule has 1 aromatic rings. The third kappa shape index (κ3) is 2.92. The summed E-state index contributed by atoms with van der Waals surface area (Å²) in [4.78, 5) is 4.18. The van der Waals surface area contributed by atoms with Gasteiger partial charge in [0, 0.05) is 23.5 Å². The van der Waals surface area contributed by atoms with Crippen LogP contribution in [0.5, 0.6) is 0 Å². The predicted octanol–water partition coefficient (Wildman–Crippen LogP) is 4.48. The Hall–Kier alpha value is -0.220. The molecule has 0 N–H and O–H groups in total. The SMILES string of the molecule is FC1(F)CC(CCc2ncc(Br)cc2Cl)C1. The van der Waals surface area contributed by atoms with Crippen molar-refractivity contribution in [1.29, 1.82) is 0 Å². The van der Waals surface area contributed by atoms with E-state index in [9.17, 15) is 8.78 Å². The second kappa shape index (κ2) is 4.57. The van der Waals surface area contributed by atoms with E-state index in [0.717, 1.165) is 16.6 Å². The molecule has 1 saturated carbocycles. The zero-order chi connectivity index (χ0) is 11.8. The molecule has 0 bridgehead atoms. The van der Waals surface area contributed by atoms with Crippen molar-refractivity contribution in [3.8, 4) is 0 Å². The first-order valence-corrected chi connectivity index (χ1v) is 6.31. The second-order valence-electron chi connectivity index (χ2n) is 4.25. The van der Waals surface area contributed by atoms with Gasteiger partial charge in [-0.3, -0.25) is 4.98 Å². The first-order chi connectivity index (χ1) is 7.46. The maximum Gasteiger partial charge on any atom is 0.248 e. The van der Waals surface area contributed by atoms with Gasteiger partial charge in [0.15, 0.2) is 0 Å². The standard InChI is InChI=1S/C11H11BrClF2N/c12-8-3-9(13)10(16-6-8)2-1-7-4-11(14,15)5-7/h3,6-7H,1-2,4-5H2. The highest BCUT2D eigenvalue weighted by atomic mass is 79.9. The summed E-state index contributed by atoms with van der Waals surface area (Å²) < 4.78 is 26.0. The Morgan fingerprint density at radius 2 is 2.19 bits per heavy atom. The number of nitrogens with zero attached hydrogens (tertiary/aromatic N) is 1. The molecule has 0 amide bonds. The summed E-state index contributed by atoms with van der Waals surface area (Å²) in [6.07, 6.45) is 3.12. The molecule has 0 aromatic carbocycles. The molecule has 88 valence electrons. The summed E-state index contributed by atoms with van der Waals surface area (Å²) in [5, 5.41) is 0.598. The van der Waals surface area contributed by atoms with Gasteiger partial charge < -0.3 is 0 Å². The smallest absolute Gasteiger partial charge is 0.248 e. The minimum Gasteiger partial charge on any atom is -0.259 e. The molecule has 0 spiro atoms. The summed E-state index contributed by atoms with van der Waals surface area (Å²) in [7, 11) is 0. The van der Waals surface area contributed by atoms with Crippen molar-refractivity contribution in [2.75, 3.05) is 0 Å². The normalized spacial score (nSPS) is 19.5. The van der Waals surface area contributed by atoms with Crippen LogP contribution in [0.25, 0.3) is 0 Å². The van der Waals surface area contributed by atoms with Gasteiger partial charge in [0.05, 0.1) is 10.7 Å². The van der Waals surface area contributed by atoms with Crippen molar-refractivity contribution in [3.63, 3.8) is 0 Å². The number of hydrogen-bond acceptors (Lipinski definition) is 1. The lowest BCUT2D eigenvalue weighted by atomic mass is 9.78. The minimum absolute atomic E-state index is 0.0150. The molecule has 0 saturated heterocycles. The van der Waals surface area contributed by atoms with E-state index in [0.29, 0.717) is 11.4 Å². The molecule has 2 rings (SSSR count). The number of aryl methyl sites for hydroxylation is 1. The van der Waals surface area contributed by atoms with E-state index < -0.39 is 5.92 Å². The molecule has 16 heavy (non-hydrogen) atoms. The molecule has 0 aliphatic heterocycles. The second-order valence-corrected chi connectivity index (χ2v) is 5.57. The fourth-order valence-corrected chi connectivity index (χ4v) is 2.68. The van der Waals surface area contributed by atoms with Crippen molar-refractivity contribution in [3.05, 3.63) is 27.5 Å². The fraction of sp³-hybridized carbons (Fsp3) is 0.545. The lowest BCUT2D eigenvalue weighted by molar-refractivity contribution is -0.111. The lowest BCUT2D eigenvalue weighted by Gasteiger charge is -2.34. The lowest BCUT2D eigenvalue weighted by Crippen LogP contribution is -2.35. The first-order valence-electron chi connectivity index (χ1n) is 5.14. The van der Waals surface area contributed by atoms with Crippen LogP contribution in [0.3, 0.4) is 0 Å². The quantitative estimate of drug-likeness (QED) is 0.802. The molecule has 1 aromatic heterocycles. The molecule has 1 fully saturated rings. The zero-order valence-corrected chi connectivity index (χ0v) is 10.9. The summed E-state index contributed by atoms with van der Waals surface area (Å²) in [6, 6.07) is 1.78. The maximum absolute atomic E-state index is 12.6. The summed E-state index contributed by atoms with van der Waals surface area (Å²) in [6.45, 7) is 0. The topological polar surface area (TPSA) is 12.9 Å². The zero-order valence-electron chi connectivity index (χ0n) is 8.52. The molecule has 0 atom stereocenters. The molecule has 1 nitrogen and oxygen atoms in total. The van der Waals surface area contributed by atoms with Crippen molar-refractivity contribution in [2.45, 2.75) is 31.6 Å². The van der Waals surface area contributed by atoms with Crippen molar-refractivity contribution in [2.24, 2.45) is 5.92 Å². The van der Waals surface area contributed by atoms with Crippen LogP contribution in [0.2, 0.25) is 5.02 Å². The number of alkyl halides is 2. The van der Waals surface area contributed by atoms with Gasteiger partial charge >= 0.3 is 0 Å². The summed E-state index contributed by atoms with van der Waals surface area (Å²) in [5.74, 6) is -2.31. The van der Waals surface area contributed by atoms with Crippen LogP contribution in [0.4, 0.5) is 8.78 Å². The van der Waals surface area contributed by atoms with Crippen molar-refractivity contribution >= 4 is 27.5 Å². The van der Waals surface area contributed by atoms with Gasteiger partial charge in [-0.25, -0.2) is 8.78 Å². The molecular weight excluding hydrogens is 299 g/mol. The summed E-state index contributed by atoms with van der Waals surface area (Å²) in [5.41, 5.74) is 0.792. The van der Waals surface area contributed by atoms with Crippen LogP contribution in [0, 0.1) is 5.92 Å². The number of aromatic nitrogens is 1. The third-order valence-corrected chi connectivity index (χ3v) is 3.61. The van der Waals surface area contributed by atoms with Gasteiger partial charge in [-0.05, 0) is 40.8 Å². The molecule has 1 heterocycles. The van der Waals surface area contributed by atoms with Crippen LogP contribution in [-0.4, -0.2) is 10.9 Å². The average molecular weight is 311 g/mol. The number of halogens is 4. The van der Waals surface area contributed by atoms with E-state index in [2.05, 4.69) is 20.9 Å². The minimum atomic E-state index is -2.43. The highest BCUT2D eigenvalue weighted by Gasteiger charge is 2.44. The number of pyridine rings is 1. The van der Waals surface area contributed by atoms with Gasteiger partial charge in [-0.15, -0.1) is 0 Å². The first kappa shape index (κ1) is 12.2. The van der Waals surface area contributed by atoms with Gasteiger partial charge in [-0.1, -0.05) is 11.6 Å². The van der Waals surface area contributed by atoms with Gasteiger partial charge in [0.1, 0.15) is 0 Å². The van der Waals surface area contributed by atoms with E-state index in [1.54, 1.807) is 12.3 Å². The summed E-state index contributed by atoms with van der Waals surface area (Å²) >= 11 is 9.26. The van der Waals surface area contributed by atoms with Crippen LogP contribution in [0.1, 0.15) is 25.0 Å². The molecule has 1 aliphatic rings. The largest absolute Gasteiger partial charge is 0.259 e. The van der Waals surface area contributed by atoms with E-state index in [1.165, 1.54) is 0 Å². The Kier molecular flexibility index (Phi) is 3.50. The predicted molar refractivity (Wildman–Crippen MR) is 62.9 cm³/mol. The number of hydrogen-bond donors (Lipinski definition) is 0. The van der Waals surface area contributed by atoms with Gasteiger partial charge in [0.2, 0.25) is 5.92 Å². The van der Waals surface area contributed by atoms with Crippen LogP contribution in [0.15, 0.2) is 16.7 Å². The highest BCUT2D eigenvalue weighted by Crippen LogP contribution is 2.44. The van der Waals surface area contributed by atoms with Crippen molar-refractivity contribution < 1.29 is 8.78 Å². The average Bonchev–Trinajstić information content (AvgIpc) is 2.13. The van der Waals surface area contributed by atoms with Crippen LogP contribution >= 0.6 is 27.5 Å². The van der Waals surface area contributed by atoms with E-state index in [1.807, 2.05) is 0 Å². The van der Waals surface area contributed by atoms with Gasteiger partial charge in [-0.2, -0.15) is 0 Å². The van der Waals surface area contributed by atoms with Crippen LogP contribution in [-0.2, 0) is 6.42 Å². The maximum atomic E-state index is 12.6. The Morgan fingerprint density at radius 1 is 1.50 bits per heavy atom. The molecule has 1 aliphatic carbocycles. The van der Waals surface area contributed by atoms with E-state index >= 15 is 0 Å². The molecule has 0 unspecified atom stereocenters. The van der Waals surface area contributed by atoms with E-state index in [-0.39, 0.29) is 18.8 Å². The molecule has 0 radical (unpaired) electrons. The monoisotopic (exact) mass is 309 g/mol. The Labute approximate surface area is 106 Å². The van der Waals surface area contributed by atoms with Crippen molar-refractivity contribution in [1.82, 2.24) is 4.98 Å². The highest BCUT2D eigenvalue weighted by molar-refractivity contribution is 9.10. The third-order valence-electron chi connectivity index (χ3n) is 2.85. The molecule has 5 heteroatoms. The van der Waals surface area contributed by atoms with Crippen LogP contribution < -0.4 is 0 Å². The fourth-order valence-electron chi connectivity index (χ4n) is 1.96. The Morgan fingerprint density at radius 3 is 2.75 bits per heavy atom.